The normalized spacial score (nSPS) is 17.6. The van der Waals surface area contributed by atoms with Gasteiger partial charge in [-0.15, -0.1) is 0 Å². The zero-order chi connectivity index (χ0) is 18.3. The fraction of sp³-hybridized carbons (Fsp3) is 0.650. The van der Waals surface area contributed by atoms with E-state index in [-0.39, 0.29) is 11.2 Å². The number of guanidine groups is 1. The van der Waals surface area contributed by atoms with Gasteiger partial charge in [-0.05, 0) is 43.5 Å². The first-order valence-electron chi connectivity index (χ1n) is 9.40. The molecular formula is C20H33FN4. The second-order valence-electron chi connectivity index (χ2n) is 7.58. The van der Waals surface area contributed by atoms with E-state index in [0.29, 0.717) is 6.04 Å². The summed E-state index contributed by atoms with van der Waals surface area (Å²) in [6, 6.07) is 7.24. The van der Waals surface area contributed by atoms with Crippen LogP contribution in [-0.4, -0.2) is 50.1 Å². The number of hydrogen-bond donors (Lipinski definition) is 2. The summed E-state index contributed by atoms with van der Waals surface area (Å²) in [7, 11) is 1.81. The van der Waals surface area contributed by atoms with E-state index in [1.807, 2.05) is 19.2 Å². The predicted molar refractivity (Wildman–Crippen MR) is 104 cm³/mol. The summed E-state index contributed by atoms with van der Waals surface area (Å²) in [5.74, 6) is 0.656. The molecule has 0 amide bonds. The quantitative estimate of drug-likeness (QED) is 0.613. The van der Waals surface area contributed by atoms with Gasteiger partial charge in [-0.3, -0.25) is 4.99 Å². The van der Waals surface area contributed by atoms with E-state index in [9.17, 15) is 4.39 Å². The fourth-order valence-electron chi connectivity index (χ4n) is 3.31. The highest BCUT2D eigenvalue weighted by molar-refractivity contribution is 5.80. The minimum Gasteiger partial charge on any atom is -0.356 e. The lowest BCUT2D eigenvalue weighted by Gasteiger charge is -2.33. The molecule has 0 aromatic heterocycles. The highest BCUT2D eigenvalue weighted by Gasteiger charge is 2.23. The largest absolute Gasteiger partial charge is 0.356 e. The van der Waals surface area contributed by atoms with Crippen molar-refractivity contribution in [2.24, 2.45) is 4.99 Å². The summed E-state index contributed by atoms with van der Waals surface area (Å²) in [5, 5.41) is 6.99. The maximum absolute atomic E-state index is 13.1. The molecule has 140 valence electrons. The number of nitrogens with one attached hydrogen (secondary N) is 2. The average Bonchev–Trinajstić information content (AvgIpc) is 2.60. The Morgan fingerprint density at radius 1 is 1.24 bits per heavy atom. The van der Waals surface area contributed by atoms with Crippen molar-refractivity contribution in [1.29, 1.82) is 0 Å². The SMILES string of the molecule is CCCN1CCC(NC(=NC)NCC(C)(C)c2ccc(F)cc2)CC1. The lowest BCUT2D eigenvalue weighted by Crippen LogP contribution is -2.50. The number of nitrogens with zero attached hydrogens (tertiary/aromatic N) is 2. The summed E-state index contributed by atoms with van der Waals surface area (Å²) in [5.41, 5.74) is 1.01. The molecule has 1 aliphatic rings. The lowest BCUT2D eigenvalue weighted by molar-refractivity contribution is 0.206. The smallest absolute Gasteiger partial charge is 0.191 e. The number of hydrogen-bond acceptors (Lipinski definition) is 2. The van der Waals surface area contributed by atoms with Crippen molar-refractivity contribution in [3.63, 3.8) is 0 Å². The van der Waals surface area contributed by atoms with Gasteiger partial charge in [0.2, 0.25) is 0 Å². The Kier molecular flexibility index (Phi) is 7.24. The molecule has 0 spiro atoms. The van der Waals surface area contributed by atoms with Gasteiger partial charge in [0.05, 0.1) is 0 Å². The van der Waals surface area contributed by atoms with Crippen molar-refractivity contribution in [2.75, 3.05) is 33.2 Å². The molecular weight excluding hydrogens is 315 g/mol. The van der Waals surface area contributed by atoms with Crippen LogP contribution in [0.15, 0.2) is 29.3 Å². The van der Waals surface area contributed by atoms with E-state index in [1.54, 1.807) is 0 Å². The second-order valence-corrected chi connectivity index (χ2v) is 7.58. The molecule has 1 heterocycles. The van der Waals surface area contributed by atoms with E-state index in [0.717, 1.165) is 44.0 Å². The molecule has 0 atom stereocenters. The molecule has 1 aromatic rings. The number of aliphatic imine (C=N–C) groups is 1. The van der Waals surface area contributed by atoms with Crippen LogP contribution in [0.5, 0.6) is 0 Å². The maximum Gasteiger partial charge on any atom is 0.191 e. The molecule has 1 aliphatic heterocycles. The summed E-state index contributed by atoms with van der Waals surface area (Å²) in [6.45, 7) is 10.8. The predicted octanol–water partition coefficient (Wildman–Crippen LogP) is 3.14. The van der Waals surface area contributed by atoms with Crippen molar-refractivity contribution in [2.45, 2.75) is 51.5 Å². The van der Waals surface area contributed by atoms with Gasteiger partial charge >= 0.3 is 0 Å². The minimum absolute atomic E-state index is 0.101. The zero-order valence-electron chi connectivity index (χ0n) is 16.1. The number of likely N-dealkylation sites (tertiary alicyclic amines) is 1. The van der Waals surface area contributed by atoms with Gasteiger partial charge in [0.15, 0.2) is 5.96 Å². The van der Waals surface area contributed by atoms with Gasteiger partial charge in [-0.25, -0.2) is 4.39 Å². The van der Waals surface area contributed by atoms with Crippen LogP contribution in [0.25, 0.3) is 0 Å². The van der Waals surface area contributed by atoms with Crippen LogP contribution in [0.2, 0.25) is 0 Å². The Morgan fingerprint density at radius 2 is 1.88 bits per heavy atom. The van der Waals surface area contributed by atoms with Crippen LogP contribution in [0, 0.1) is 5.82 Å². The molecule has 5 heteroatoms. The van der Waals surface area contributed by atoms with E-state index in [1.165, 1.54) is 25.1 Å². The topological polar surface area (TPSA) is 39.7 Å². The average molecular weight is 349 g/mol. The van der Waals surface area contributed by atoms with E-state index in [2.05, 4.69) is 41.3 Å². The van der Waals surface area contributed by atoms with Crippen molar-refractivity contribution in [3.8, 4) is 0 Å². The molecule has 0 bridgehead atoms. The molecule has 2 N–H and O–H groups in total. The molecule has 4 nitrogen and oxygen atoms in total. The van der Waals surface area contributed by atoms with Crippen LogP contribution < -0.4 is 10.6 Å². The molecule has 25 heavy (non-hydrogen) atoms. The third-order valence-corrected chi connectivity index (χ3v) is 5.02. The van der Waals surface area contributed by atoms with Crippen LogP contribution in [0.4, 0.5) is 4.39 Å². The van der Waals surface area contributed by atoms with Gasteiger partial charge in [0.25, 0.3) is 0 Å². The first-order valence-corrected chi connectivity index (χ1v) is 9.40. The number of piperidine rings is 1. The first kappa shape index (κ1) is 19.7. The Balaban J connectivity index is 1.83. The maximum atomic E-state index is 13.1. The second kappa shape index (κ2) is 9.18. The van der Waals surface area contributed by atoms with Crippen molar-refractivity contribution in [3.05, 3.63) is 35.6 Å². The lowest BCUT2D eigenvalue weighted by atomic mass is 9.84. The third kappa shape index (κ3) is 5.99. The molecule has 1 aromatic carbocycles. The van der Waals surface area contributed by atoms with Gasteiger partial charge in [0.1, 0.15) is 5.82 Å². The van der Waals surface area contributed by atoms with Crippen LogP contribution in [-0.2, 0) is 5.41 Å². The highest BCUT2D eigenvalue weighted by atomic mass is 19.1. The number of rotatable bonds is 6. The Morgan fingerprint density at radius 3 is 2.44 bits per heavy atom. The van der Waals surface area contributed by atoms with Crippen molar-refractivity contribution < 1.29 is 4.39 Å². The molecule has 2 rings (SSSR count). The van der Waals surface area contributed by atoms with Crippen LogP contribution in [0.1, 0.15) is 45.6 Å². The number of benzene rings is 1. The molecule has 0 radical (unpaired) electrons. The summed E-state index contributed by atoms with van der Waals surface area (Å²) < 4.78 is 13.1. The third-order valence-electron chi connectivity index (χ3n) is 5.02. The van der Waals surface area contributed by atoms with Crippen LogP contribution >= 0.6 is 0 Å². The van der Waals surface area contributed by atoms with Crippen LogP contribution in [0.3, 0.4) is 0 Å². The van der Waals surface area contributed by atoms with Crippen molar-refractivity contribution in [1.82, 2.24) is 15.5 Å². The molecule has 0 unspecified atom stereocenters. The first-order chi connectivity index (χ1) is 11.9. The van der Waals surface area contributed by atoms with E-state index in [4.69, 9.17) is 0 Å². The highest BCUT2D eigenvalue weighted by Crippen LogP contribution is 2.22. The minimum atomic E-state index is -0.195. The molecule has 1 saturated heterocycles. The summed E-state index contributed by atoms with van der Waals surface area (Å²) in [6.07, 6.45) is 3.53. The van der Waals surface area contributed by atoms with E-state index < -0.39 is 0 Å². The van der Waals surface area contributed by atoms with Gasteiger partial charge < -0.3 is 15.5 Å². The Labute approximate surface area is 151 Å². The Bertz CT molecular complexity index is 545. The summed E-state index contributed by atoms with van der Waals surface area (Å²) in [4.78, 5) is 6.90. The van der Waals surface area contributed by atoms with Gasteiger partial charge in [-0.2, -0.15) is 0 Å². The summed E-state index contributed by atoms with van der Waals surface area (Å²) >= 11 is 0. The van der Waals surface area contributed by atoms with E-state index >= 15 is 0 Å². The molecule has 0 saturated carbocycles. The number of halogens is 1. The van der Waals surface area contributed by atoms with Crippen molar-refractivity contribution >= 4 is 5.96 Å². The van der Waals surface area contributed by atoms with Gasteiger partial charge in [0, 0.05) is 38.1 Å². The van der Waals surface area contributed by atoms with Gasteiger partial charge in [-0.1, -0.05) is 32.9 Å². The molecule has 0 aliphatic carbocycles. The standard InChI is InChI=1S/C20H33FN4/c1-5-12-25-13-10-18(11-14-25)24-19(22-4)23-15-20(2,3)16-6-8-17(21)9-7-16/h6-9,18H,5,10-15H2,1-4H3,(H2,22,23,24). The zero-order valence-corrected chi connectivity index (χ0v) is 16.1. The monoisotopic (exact) mass is 348 g/mol. The molecule has 1 fully saturated rings. The Hall–Kier alpha value is -1.62. The fourth-order valence-corrected chi connectivity index (χ4v) is 3.31.